The molecule has 2 amide bonds. The quantitative estimate of drug-likeness (QED) is 0.585. The van der Waals surface area contributed by atoms with Crippen LogP contribution in [0, 0.1) is 5.92 Å². The molecule has 0 saturated carbocycles. The molecular formula is C28H34N2O6. The maximum atomic E-state index is 12.6. The van der Waals surface area contributed by atoms with E-state index in [4.69, 9.17) is 9.47 Å². The van der Waals surface area contributed by atoms with Crippen molar-refractivity contribution in [2.24, 2.45) is 5.92 Å². The molecule has 1 aliphatic heterocycles. The van der Waals surface area contributed by atoms with Crippen molar-refractivity contribution in [3.8, 4) is 11.1 Å². The van der Waals surface area contributed by atoms with Crippen LogP contribution >= 0.6 is 0 Å². The maximum absolute atomic E-state index is 12.6. The number of fused-ring (bicyclic) bond motifs is 3. The summed E-state index contributed by atoms with van der Waals surface area (Å²) in [6.45, 7) is 6.51. The van der Waals surface area contributed by atoms with Gasteiger partial charge in [0.1, 0.15) is 18.2 Å². The summed E-state index contributed by atoms with van der Waals surface area (Å²) in [4.78, 5) is 38.6. The lowest BCUT2D eigenvalue weighted by molar-refractivity contribution is -0.139. The average molecular weight is 495 g/mol. The fraction of sp³-hybridized carbons (Fsp3) is 0.464. The van der Waals surface area contributed by atoms with Gasteiger partial charge in [-0.15, -0.1) is 0 Å². The van der Waals surface area contributed by atoms with Crippen molar-refractivity contribution in [3.63, 3.8) is 0 Å². The van der Waals surface area contributed by atoms with Gasteiger partial charge in [0, 0.05) is 19.0 Å². The third-order valence-corrected chi connectivity index (χ3v) is 6.67. The first-order valence-electron chi connectivity index (χ1n) is 12.4. The van der Waals surface area contributed by atoms with Crippen LogP contribution in [0.25, 0.3) is 11.1 Å². The van der Waals surface area contributed by atoms with Gasteiger partial charge in [0.05, 0.1) is 0 Å². The fourth-order valence-corrected chi connectivity index (χ4v) is 5.09. The molecule has 8 heteroatoms. The molecule has 2 N–H and O–H groups in total. The van der Waals surface area contributed by atoms with Gasteiger partial charge in [0.2, 0.25) is 0 Å². The number of nitrogens with zero attached hydrogens (tertiary/aromatic N) is 1. The minimum atomic E-state index is -1.13. The number of amides is 2. The monoisotopic (exact) mass is 494 g/mol. The first kappa shape index (κ1) is 25.5. The number of carboxylic acid groups (broad SMARTS) is 1. The van der Waals surface area contributed by atoms with Crippen molar-refractivity contribution in [1.29, 1.82) is 0 Å². The minimum absolute atomic E-state index is 0.0683. The summed E-state index contributed by atoms with van der Waals surface area (Å²) in [7, 11) is 0. The standard InChI is InChI=1S/C28H34N2O6/c1-28(2,3)36-27(34)30-14-8-9-18(16-30)15-24(25(31)32)29-26(33)35-17-23-21-12-6-4-10-19(21)20-11-5-7-13-22(20)23/h4-7,10-13,18,23-24H,8-9,14-17H2,1-3H3,(H,29,33)(H,31,32)/t18-,24+/m0/s1. The van der Waals surface area contributed by atoms with Gasteiger partial charge < -0.3 is 24.8 Å². The molecule has 36 heavy (non-hydrogen) atoms. The number of carboxylic acids is 1. The largest absolute Gasteiger partial charge is 0.480 e. The van der Waals surface area contributed by atoms with E-state index < -0.39 is 29.8 Å². The molecule has 2 aromatic rings. The molecule has 1 aliphatic carbocycles. The van der Waals surface area contributed by atoms with Crippen LogP contribution in [0.1, 0.15) is 57.1 Å². The molecule has 1 fully saturated rings. The number of hydrogen-bond donors (Lipinski definition) is 2. The van der Waals surface area contributed by atoms with Gasteiger partial charge >= 0.3 is 18.2 Å². The number of piperidine rings is 1. The predicted molar refractivity (Wildman–Crippen MR) is 135 cm³/mol. The van der Waals surface area contributed by atoms with Gasteiger partial charge in [-0.25, -0.2) is 14.4 Å². The summed E-state index contributed by atoms with van der Waals surface area (Å²) in [5, 5.41) is 12.3. The van der Waals surface area contributed by atoms with E-state index in [1.165, 1.54) is 0 Å². The summed E-state index contributed by atoms with van der Waals surface area (Å²) < 4.78 is 11.0. The van der Waals surface area contributed by atoms with Gasteiger partial charge in [-0.1, -0.05) is 48.5 Å². The number of nitrogens with one attached hydrogen (secondary N) is 1. The third-order valence-electron chi connectivity index (χ3n) is 6.67. The Balaban J connectivity index is 1.34. The van der Waals surface area contributed by atoms with Gasteiger partial charge in [0.25, 0.3) is 0 Å². The van der Waals surface area contributed by atoms with E-state index in [0.29, 0.717) is 13.1 Å². The van der Waals surface area contributed by atoms with E-state index >= 15 is 0 Å². The normalized spacial score (nSPS) is 18.1. The zero-order valence-corrected chi connectivity index (χ0v) is 21.0. The number of carbonyl (C=O) groups is 3. The molecule has 0 bridgehead atoms. The Bertz CT molecular complexity index is 1080. The highest BCUT2D eigenvalue weighted by Crippen LogP contribution is 2.44. The molecule has 1 heterocycles. The first-order chi connectivity index (χ1) is 17.1. The molecule has 0 radical (unpaired) electrons. The summed E-state index contributed by atoms with van der Waals surface area (Å²) in [6, 6.07) is 15.0. The van der Waals surface area contributed by atoms with E-state index in [2.05, 4.69) is 17.4 Å². The predicted octanol–water partition coefficient (Wildman–Crippen LogP) is 5.02. The van der Waals surface area contributed by atoms with Crippen LogP contribution in [0.2, 0.25) is 0 Å². The van der Waals surface area contributed by atoms with Crippen molar-refractivity contribution in [3.05, 3.63) is 59.7 Å². The second-order valence-electron chi connectivity index (χ2n) is 10.5. The lowest BCUT2D eigenvalue weighted by Gasteiger charge is -2.35. The number of benzene rings is 2. The lowest BCUT2D eigenvalue weighted by atomic mass is 9.91. The summed E-state index contributed by atoms with van der Waals surface area (Å²) in [5.74, 6) is -1.30. The van der Waals surface area contributed by atoms with E-state index in [0.717, 1.165) is 35.1 Å². The number of rotatable bonds is 6. The van der Waals surface area contributed by atoms with Crippen molar-refractivity contribution < 1.29 is 29.0 Å². The number of ether oxygens (including phenoxy) is 2. The third kappa shape index (κ3) is 5.98. The highest BCUT2D eigenvalue weighted by atomic mass is 16.6. The fourth-order valence-electron chi connectivity index (χ4n) is 5.09. The molecule has 192 valence electrons. The SMILES string of the molecule is CC(C)(C)OC(=O)N1CCC[C@@H](C[C@@H](NC(=O)OCC2c3ccccc3-c3ccccc32)C(=O)O)C1. The van der Waals surface area contributed by atoms with E-state index in [-0.39, 0.29) is 24.9 Å². The molecule has 2 atom stereocenters. The number of likely N-dealkylation sites (tertiary alicyclic amines) is 1. The Morgan fingerprint density at radius 1 is 1.06 bits per heavy atom. The molecule has 0 unspecified atom stereocenters. The zero-order chi connectivity index (χ0) is 25.9. The minimum Gasteiger partial charge on any atom is -0.480 e. The highest BCUT2D eigenvalue weighted by Gasteiger charge is 2.33. The van der Waals surface area contributed by atoms with Crippen LogP contribution in [0.3, 0.4) is 0 Å². The van der Waals surface area contributed by atoms with Gasteiger partial charge in [-0.2, -0.15) is 0 Å². The Kier molecular flexibility index (Phi) is 7.52. The van der Waals surface area contributed by atoms with Crippen molar-refractivity contribution in [2.75, 3.05) is 19.7 Å². The zero-order valence-electron chi connectivity index (χ0n) is 21.0. The molecule has 2 aromatic carbocycles. The van der Waals surface area contributed by atoms with Crippen LogP contribution < -0.4 is 5.32 Å². The highest BCUT2D eigenvalue weighted by molar-refractivity contribution is 5.81. The van der Waals surface area contributed by atoms with Gasteiger partial charge in [0.15, 0.2) is 0 Å². The molecule has 2 aliphatic rings. The molecule has 0 spiro atoms. The van der Waals surface area contributed by atoms with Crippen LogP contribution in [-0.4, -0.2) is 59.5 Å². The Labute approximate surface area is 211 Å². The number of hydrogen-bond acceptors (Lipinski definition) is 5. The van der Waals surface area contributed by atoms with E-state index in [1.54, 1.807) is 4.90 Å². The number of alkyl carbamates (subject to hydrolysis) is 1. The molecular weight excluding hydrogens is 460 g/mol. The average Bonchev–Trinajstić information content (AvgIpc) is 3.15. The van der Waals surface area contributed by atoms with Crippen LogP contribution in [0.4, 0.5) is 9.59 Å². The smallest absolute Gasteiger partial charge is 0.410 e. The van der Waals surface area contributed by atoms with Crippen LogP contribution in [0.5, 0.6) is 0 Å². The molecule has 8 nitrogen and oxygen atoms in total. The van der Waals surface area contributed by atoms with Crippen LogP contribution in [-0.2, 0) is 14.3 Å². The van der Waals surface area contributed by atoms with Gasteiger partial charge in [-0.05, 0) is 68.2 Å². The van der Waals surface area contributed by atoms with E-state index in [9.17, 15) is 19.5 Å². The van der Waals surface area contributed by atoms with Gasteiger partial charge in [-0.3, -0.25) is 0 Å². The van der Waals surface area contributed by atoms with Crippen molar-refractivity contribution >= 4 is 18.2 Å². The van der Waals surface area contributed by atoms with Crippen LogP contribution in [0.15, 0.2) is 48.5 Å². The second kappa shape index (κ2) is 10.6. The summed E-state index contributed by atoms with van der Waals surface area (Å²) in [6.07, 6.45) is 0.572. The Hall–Kier alpha value is -3.55. The number of carbonyl (C=O) groups excluding carboxylic acids is 2. The molecule has 1 saturated heterocycles. The lowest BCUT2D eigenvalue weighted by Crippen LogP contribution is -2.47. The summed E-state index contributed by atoms with van der Waals surface area (Å²) >= 11 is 0. The van der Waals surface area contributed by atoms with Crippen molar-refractivity contribution in [1.82, 2.24) is 10.2 Å². The topological polar surface area (TPSA) is 105 Å². The second-order valence-corrected chi connectivity index (χ2v) is 10.5. The summed E-state index contributed by atoms with van der Waals surface area (Å²) in [5.41, 5.74) is 3.82. The maximum Gasteiger partial charge on any atom is 0.410 e. The van der Waals surface area contributed by atoms with E-state index in [1.807, 2.05) is 57.2 Å². The van der Waals surface area contributed by atoms with Crippen molar-refractivity contribution in [2.45, 2.75) is 57.6 Å². The Morgan fingerprint density at radius 2 is 1.67 bits per heavy atom. The Morgan fingerprint density at radius 3 is 2.25 bits per heavy atom. The molecule has 4 rings (SSSR count). The number of aliphatic carboxylic acids is 1. The first-order valence-corrected chi connectivity index (χ1v) is 12.4. The molecule has 0 aromatic heterocycles.